The highest BCUT2D eigenvalue weighted by Gasteiger charge is 2.68. The van der Waals surface area contributed by atoms with E-state index in [1.165, 1.54) is 44.9 Å². The van der Waals surface area contributed by atoms with Gasteiger partial charge in [-0.25, -0.2) is 0 Å². The molecule has 53 heavy (non-hydrogen) atoms. The van der Waals surface area contributed by atoms with E-state index >= 15 is 0 Å². The van der Waals surface area contributed by atoms with Gasteiger partial charge in [0, 0.05) is 6.61 Å². The third kappa shape index (κ3) is 6.21. The molecule has 8 N–H and O–H groups in total. The zero-order chi connectivity index (χ0) is 37.8. The number of fused-ring (bicyclic) bond motifs is 7. The summed E-state index contributed by atoms with van der Waals surface area (Å²) in [4.78, 5) is 0. The van der Waals surface area contributed by atoms with Crippen LogP contribution in [0.4, 0.5) is 0 Å². The minimum Gasteiger partial charge on any atom is -0.394 e. The first-order valence-electron chi connectivity index (χ1n) is 20.7. The maximum Gasteiger partial charge on any atom is 0.187 e. The molecule has 13 heteroatoms. The lowest BCUT2D eigenvalue weighted by atomic mass is 9.44. The van der Waals surface area contributed by atoms with Crippen LogP contribution in [0.2, 0.25) is 0 Å². The molecule has 5 saturated carbocycles. The fourth-order valence-electron chi connectivity index (χ4n) is 14.1. The molecule has 0 bridgehead atoms. The van der Waals surface area contributed by atoms with E-state index in [-0.39, 0.29) is 11.0 Å². The molecular formula is C40H66O13. The Morgan fingerprint density at radius 3 is 2.08 bits per heavy atom. The molecule has 13 nitrogen and oxygen atoms in total. The largest absolute Gasteiger partial charge is 0.394 e. The fourth-order valence-corrected chi connectivity index (χ4v) is 14.1. The minimum atomic E-state index is -1.74. The Kier molecular flexibility index (Phi) is 10.7. The average molecular weight is 755 g/mol. The molecule has 1 spiro atoms. The van der Waals surface area contributed by atoms with Crippen molar-refractivity contribution in [2.75, 3.05) is 19.8 Å². The number of aliphatic hydroxyl groups excluding tert-OH is 8. The number of rotatable bonds is 6. The highest BCUT2D eigenvalue weighted by Crippen LogP contribution is 2.73. The number of hydrogen-bond acceptors (Lipinski definition) is 13. The van der Waals surface area contributed by atoms with Gasteiger partial charge in [-0.1, -0.05) is 27.7 Å². The van der Waals surface area contributed by atoms with Gasteiger partial charge in [0.2, 0.25) is 0 Å². The summed E-state index contributed by atoms with van der Waals surface area (Å²) >= 11 is 0. The molecule has 8 fully saturated rings. The Balaban J connectivity index is 0.912. The first kappa shape index (κ1) is 39.3. The van der Waals surface area contributed by atoms with E-state index < -0.39 is 86.8 Å². The third-order valence-corrected chi connectivity index (χ3v) is 16.9. The lowest BCUT2D eigenvalue weighted by Crippen LogP contribution is -2.65. The predicted octanol–water partition coefficient (Wildman–Crippen LogP) is 1.08. The van der Waals surface area contributed by atoms with Crippen LogP contribution in [0.3, 0.4) is 0 Å². The molecule has 0 aromatic heterocycles. The number of aliphatic hydroxyl groups is 8. The predicted molar refractivity (Wildman–Crippen MR) is 188 cm³/mol. The Morgan fingerprint density at radius 2 is 1.38 bits per heavy atom. The standard InChI is InChI=1S/C40H66O13/c1-18-7-10-40(49-17-18)13-20-11-24-22-6-5-21-12-26(25(43)14-39(21,4)23(22)8-9-38(24,3)29(20)19(40)2)50-36-34(48)32(46)35(28(16-42)52-36)53-37-33(47)31(45)30(44)27(15-41)51-37/h18-37,41-48H,5-17H2,1-4H3/t18-,19+,20-,21+,22-,23+,24+,25-,26-,27-,28-,29+,30-,31+,32-,33-,34-,35-,36-,37+,38+,39+,40-/m1/s1. The van der Waals surface area contributed by atoms with Crippen LogP contribution in [0, 0.1) is 58.2 Å². The second-order valence-corrected chi connectivity index (χ2v) is 19.4. The van der Waals surface area contributed by atoms with Crippen molar-refractivity contribution in [2.45, 2.75) is 171 Å². The van der Waals surface area contributed by atoms with E-state index in [1.807, 2.05) is 0 Å². The summed E-state index contributed by atoms with van der Waals surface area (Å²) in [5.41, 5.74) is 0.353. The molecule has 8 aliphatic rings. The van der Waals surface area contributed by atoms with Crippen molar-refractivity contribution in [3.05, 3.63) is 0 Å². The van der Waals surface area contributed by atoms with E-state index in [2.05, 4.69) is 27.7 Å². The van der Waals surface area contributed by atoms with Gasteiger partial charge in [0.05, 0.1) is 31.0 Å². The number of ether oxygens (including phenoxy) is 5. The highest BCUT2D eigenvalue weighted by molar-refractivity contribution is 5.17. The van der Waals surface area contributed by atoms with Crippen LogP contribution in [0.1, 0.15) is 91.9 Å². The van der Waals surface area contributed by atoms with Crippen LogP contribution in [0.25, 0.3) is 0 Å². The first-order chi connectivity index (χ1) is 25.2. The minimum absolute atomic E-state index is 0.0415. The van der Waals surface area contributed by atoms with Crippen molar-refractivity contribution in [2.24, 2.45) is 58.2 Å². The Bertz CT molecular complexity index is 1290. The molecule has 8 rings (SSSR count). The summed E-state index contributed by atoms with van der Waals surface area (Å²) in [6.45, 7) is 9.39. The van der Waals surface area contributed by atoms with Crippen molar-refractivity contribution in [3.8, 4) is 0 Å². The molecule has 3 heterocycles. The maximum absolute atomic E-state index is 11.7. The van der Waals surface area contributed by atoms with Crippen LogP contribution in [-0.2, 0) is 23.7 Å². The second-order valence-electron chi connectivity index (χ2n) is 19.4. The van der Waals surface area contributed by atoms with Gasteiger partial charge in [0.15, 0.2) is 12.6 Å². The summed E-state index contributed by atoms with van der Waals surface area (Å²) in [7, 11) is 0. The van der Waals surface area contributed by atoms with Crippen molar-refractivity contribution in [3.63, 3.8) is 0 Å². The van der Waals surface area contributed by atoms with Crippen molar-refractivity contribution < 1.29 is 64.5 Å². The number of hydrogen-bond donors (Lipinski definition) is 8. The normalized spacial score (nSPS) is 59.5. The average Bonchev–Trinajstić information content (AvgIpc) is 3.58. The highest BCUT2D eigenvalue weighted by atomic mass is 16.7. The van der Waals surface area contributed by atoms with E-state index in [1.54, 1.807) is 0 Å². The summed E-state index contributed by atoms with van der Waals surface area (Å²) in [6, 6.07) is 0. The lowest BCUT2D eigenvalue weighted by molar-refractivity contribution is -0.366. The van der Waals surface area contributed by atoms with Gasteiger partial charge < -0.3 is 64.5 Å². The molecule has 0 radical (unpaired) electrons. The molecular weight excluding hydrogens is 688 g/mol. The van der Waals surface area contributed by atoms with Crippen LogP contribution >= 0.6 is 0 Å². The van der Waals surface area contributed by atoms with Gasteiger partial charge in [0.25, 0.3) is 0 Å². The monoisotopic (exact) mass is 754 g/mol. The van der Waals surface area contributed by atoms with Gasteiger partial charge in [-0.2, -0.15) is 0 Å². The molecule has 304 valence electrons. The third-order valence-electron chi connectivity index (χ3n) is 16.9. The smallest absolute Gasteiger partial charge is 0.187 e. The van der Waals surface area contributed by atoms with Crippen LogP contribution in [-0.4, -0.2) is 140 Å². The molecule has 0 amide bonds. The zero-order valence-electron chi connectivity index (χ0n) is 31.9. The van der Waals surface area contributed by atoms with Crippen molar-refractivity contribution in [1.82, 2.24) is 0 Å². The summed E-state index contributed by atoms with van der Waals surface area (Å²) in [5, 5.41) is 84.6. The first-order valence-corrected chi connectivity index (χ1v) is 20.7. The van der Waals surface area contributed by atoms with Gasteiger partial charge in [-0.05, 0) is 122 Å². The summed E-state index contributed by atoms with van der Waals surface area (Å²) < 4.78 is 30.1. The molecule has 5 aliphatic carbocycles. The topological polar surface area (TPSA) is 208 Å². The Hall–Kier alpha value is -0.520. The SMILES string of the molecule is C[C@@H]1CC[C@]2(C[C@H]3C[C@H]4[C@@H]5CC[C@H]6C[C@@H](O[C@@H]7O[C@H](CO)[C@@H](O[C@@H]8O[C@H](CO)[C@@H](O)[C@H](O)[C@H]8O)[C@H](O)[C@H]7O)[C@H](O)C[C@]6(C)[C@H]5CC[C@]4(C)[C@H]3[C@@H]2C)OC1. The molecule has 23 atom stereocenters. The van der Waals surface area contributed by atoms with Crippen molar-refractivity contribution >= 4 is 0 Å². The van der Waals surface area contributed by atoms with Gasteiger partial charge in [-0.3, -0.25) is 0 Å². The van der Waals surface area contributed by atoms with Crippen molar-refractivity contribution in [1.29, 1.82) is 0 Å². The zero-order valence-corrected chi connectivity index (χ0v) is 31.9. The summed E-state index contributed by atoms with van der Waals surface area (Å²) in [5.74, 6) is 4.88. The molecule has 0 unspecified atom stereocenters. The van der Waals surface area contributed by atoms with Gasteiger partial charge in [-0.15, -0.1) is 0 Å². The Morgan fingerprint density at radius 1 is 0.679 bits per heavy atom. The molecule has 3 saturated heterocycles. The van der Waals surface area contributed by atoms with E-state index in [0.29, 0.717) is 59.7 Å². The van der Waals surface area contributed by atoms with E-state index in [9.17, 15) is 40.9 Å². The van der Waals surface area contributed by atoms with Gasteiger partial charge >= 0.3 is 0 Å². The van der Waals surface area contributed by atoms with Gasteiger partial charge in [0.1, 0.15) is 48.8 Å². The Labute approximate surface area is 313 Å². The fraction of sp³-hybridized carbons (Fsp3) is 1.00. The van der Waals surface area contributed by atoms with E-state index in [4.69, 9.17) is 23.7 Å². The molecule has 3 aliphatic heterocycles. The van der Waals surface area contributed by atoms with E-state index in [0.717, 1.165) is 18.9 Å². The summed E-state index contributed by atoms with van der Waals surface area (Å²) in [6.07, 6.45) is -5.83. The van der Waals surface area contributed by atoms with Crippen LogP contribution < -0.4 is 0 Å². The quantitative estimate of drug-likeness (QED) is 0.179. The molecule has 0 aromatic rings. The molecule has 0 aromatic carbocycles. The maximum atomic E-state index is 11.7. The second kappa shape index (κ2) is 14.4. The van der Waals surface area contributed by atoms with Crippen LogP contribution in [0.15, 0.2) is 0 Å². The van der Waals surface area contributed by atoms with Crippen LogP contribution in [0.5, 0.6) is 0 Å². The lowest BCUT2D eigenvalue weighted by Gasteiger charge is -2.62.